The molecule has 1 unspecified atom stereocenters. The number of non-ortho nitro benzene ring substituents is 1. The SMILES string of the molecule is CCOC(=O)C1CCCN(C(=NC)NCCNS(=O)(=O)c2cccc([N+](=O)[O-])c2)C1.I. The number of aliphatic imine (C=N–C) groups is 1. The Kier molecular flexibility index (Phi) is 11.1. The minimum atomic E-state index is -3.88. The lowest BCUT2D eigenvalue weighted by Crippen LogP contribution is -2.49. The van der Waals surface area contributed by atoms with Crippen LogP contribution in [0.5, 0.6) is 0 Å². The normalized spacial score (nSPS) is 16.9. The van der Waals surface area contributed by atoms with Gasteiger partial charge in [0.2, 0.25) is 10.0 Å². The van der Waals surface area contributed by atoms with Crippen LogP contribution in [0.25, 0.3) is 0 Å². The zero-order chi connectivity index (χ0) is 22.1. The van der Waals surface area contributed by atoms with Crippen molar-refractivity contribution in [1.29, 1.82) is 0 Å². The molecule has 1 aliphatic rings. The second-order valence-electron chi connectivity index (χ2n) is 6.66. The zero-order valence-corrected chi connectivity index (χ0v) is 20.6. The molecule has 174 valence electrons. The molecule has 0 amide bonds. The maximum Gasteiger partial charge on any atom is 0.310 e. The lowest BCUT2D eigenvalue weighted by atomic mass is 9.98. The van der Waals surface area contributed by atoms with E-state index in [9.17, 15) is 23.3 Å². The van der Waals surface area contributed by atoms with Gasteiger partial charge in [0, 0.05) is 45.4 Å². The minimum Gasteiger partial charge on any atom is -0.466 e. The summed E-state index contributed by atoms with van der Waals surface area (Å²) in [5.74, 6) is 0.130. The molecule has 1 atom stereocenters. The van der Waals surface area contributed by atoms with Crippen LogP contribution in [0.2, 0.25) is 0 Å². The van der Waals surface area contributed by atoms with E-state index in [0.29, 0.717) is 19.1 Å². The van der Waals surface area contributed by atoms with Gasteiger partial charge >= 0.3 is 5.97 Å². The minimum absolute atomic E-state index is 0. The largest absolute Gasteiger partial charge is 0.466 e. The van der Waals surface area contributed by atoms with Crippen LogP contribution in [0.1, 0.15) is 19.8 Å². The summed E-state index contributed by atoms with van der Waals surface area (Å²) >= 11 is 0. The van der Waals surface area contributed by atoms with Gasteiger partial charge in [0.15, 0.2) is 5.96 Å². The Morgan fingerprint density at radius 2 is 2.13 bits per heavy atom. The summed E-state index contributed by atoms with van der Waals surface area (Å²) in [7, 11) is -2.27. The van der Waals surface area contributed by atoms with Gasteiger partial charge in [-0.1, -0.05) is 6.07 Å². The number of nitro benzene ring substituents is 1. The van der Waals surface area contributed by atoms with Gasteiger partial charge in [-0.05, 0) is 25.8 Å². The number of ether oxygens (including phenoxy) is 1. The fourth-order valence-electron chi connectivity index (χ4n) is 3.16. The number of likely N-dealkylation sites (tertiary alicyclic amines) is 1. The van der Waals surface area contributed by atoms with Crippen LogP contribution in [0.15, 0.2) is 34.2 Å². The number of hydrogen-bond donors (Lipinski definition) is 2. The Labute approximate surface area is 198 Å². The first-order valence-corrected chi connectivity index (χ1v) is 11.1. The van der Waals surface area contributed by atoms with Crippen LogP contribution in [0, 0.1) is 16.0 Å². The number of carbonyl (C=O) groups is 1. The Morgan fingerprint density at radius 1 is 1.39 bits per heavy atom. The fourth-order valence-corrected chi connectivity index (χ4v) is 4.23. The quantitative estimate of drug-likeness (QED) is 0.0909. The Balaban J connectivity index is 0.00000480. The van der Waals surface area contributed by atoms with E-state index in [0.717, 1.165) is 25.5 Å². The topological polar surface area (TPSA) is 143 Å². The fraction of sp³-hybridized carbons (Fsp3) is 0.556. The van der Waals surface area contributed by atoms with Gasteiger partial charge in [-0.3, -0.25) is 19.9 Å². The van der Waals surface area contributed by atoms with Crippen molar-refractivity contribution in [2.24, 2.45) is 10.9 Å². The van der Waals surface area contributed by atoms with Crippen molar-refractivity contribution in [3.63, 3.8) is 0 Å². The highest BCUT2D eigenvalue weighted by Crippen LogP contribution is 2.18. The van der Waals surface area contributed by atoms with E-state index in [-0.39, 0.29) is 59.5 Å². The Hall–Kier alpha value is -2.00. The van der Waals surface area contributed by atoms with Crippen LogP contribution in [0.4, 0.5) is 5.69 Å². The van der Waals surface area contributed by atoms with Gasteiger partial charge < -0.3 is 15.0 Å². The third-order valence-electron chi connectivity index (χ3n) is 4.59. The standard InChI is InChI=1S/C18H27N5O6S.HI/c1-3-29-17(24)14-6-5-11-22(13-14)18(19-2)20-9-10-21-30(27,28)16-8-4-7-15(12-16)23(25)26;/h4,7-8,12,14,21H,3,5-6,9-11,13H2,1-2H3,(H,19,20);1H. The Bertz CT molecular complexity index is 895. The van der Waals surface area contributed by atoms with E-state index in [1.54, 1.807) is 14.0 Å². The number of halogens is 1. The summed E-state index contributed by atoms with van der Waals surface area (Å²) in [5.41, 5.74) is -0.294. The molecule has 0 spiro atoms. The summed E-state index contributed by atoms with van der Waals surface area (Å²) in [6.07, 6.45) is 1.58. The van der Waals surface area contributed by atoms with E-state index in [2.05, 4.69) is 15.0 Å². The Morgan fingerprint density at radius 3 is 2.77 bits per heavy atom. The summed E-state index contributed by atoms with van der Waals surface area (Å²) in [6.45, 7) is 3.63. The monoisotopic (exact) mass is 569 g/mol. The van der Waals surface area contributed by atoms with Crippen molar-refractivity contribution in [3.8, 4) is 0 Å². The second-order valence-corrected chi connectivity index (χ2v) is 8.43. The number of nitrogens with one attached hydrogen (secondary N) is 2. The maximum absolute atomic E-state index is 12.3. The highest BCUT2D eigenvalue weighted by Gasteiger charge is 2.28. The molecule has 11 nitrogen and oxygen atoms in total. The molecular formula is C18H28IN5O6S. The summed E-state index contributed by atoms with van der Waals surface area (Å²) in [6, 6.07) is 4.86. The maximum atomic E-state index is 12.3. The molecule has 0 radical (unpaired) electrons. The lowest BCUT2D eigenvalue weighted by molar-refractivity contribution is -0.385. The molecule has 0 saturated carbocycles. The van der Waals surface area contributed by atoms with Crippen molar-refractivity contribution in [1.82, 2.24) is 14.9 Å². The molecule has 2 N–H and O–H groups in total. The predicted octanol–water partition coefficient (Wildman–Crippen LogP) is 1.34. The van der Waals surface area contributed by atoms with Crippen molar-refractivity contribution in [3.05, 3.63) is 34.4 Å². The number of hydrogen-bond acceptors (Lipinski definition) is 7. The molecule has 1 heterocycles. The lowest BCUT2D eigenvalue weighted by Gasteiger charge is -2.33. The first kappa shape index (κ1) is 27.0. The number of nitrogens with zero attached hydrogens (tertiary/aromatic N) is 3. The van der Waals surface area contributed by atoms with Gasteiger partial charge in [0.1, 0.15) is 0 Å². The van der Waals surface area contributed by atoms with E-state index in [1.165, 1.54) is 18.2 Å². The van der Waals surface area contributed by atoms with E-state index < -0.39 is 14.9 Å². The van der Waals surface area contributed by atoms with Crippen molar-refractivity contribution in [2.75, 3.05) is 39.8 Å². The molecule has 13 heteroatoms. The van der Waals surface area contributed by atoms with Gasteiger partial charge in [0.05, 0.1) is 22.3 Å². The highest BCUT2D eigenvalue weighted by molar-refractivity contribution is 14.0. The number of piperidine rings is 1. The summed E-state index contributed by atoms with van der Waals surface area (Å²) < 4.78 is 32.2. The van der Waals surface area contributed by atoms with Gasteiger partial charge in [-0.25, -0.2) is 13.1 Å². The first-order chi connectivity index (χ1) is 14.3. The number of rotatable bonds is 8. The van der Waals surface area contributed by atoms with Crippen molar-refractivity contribution >= 4 is 51.6 Å². The number of carbonyl (C=O) groups excluding carboxylic acids is 1. The van der Waals surface area contributed by atoms with Crippen molar-refractivity contribution < 1.29 is 22.9 Å². The predicted molar refractivity (Wildman–Crippen MR) is 126 cm³/mol. The van der Waals surface area contributed by atoms with E-state index in [4.69, 9.17) is 4.74 Å². The van der Waals surface area contributed by atoms with Gasteiger partial charge in [0.25, 0.3) is 5.69 Å². The first-order valence-electron chi connectivity index (χ1n) is 9.64. The van der Waals surface area contributed by atoms with Crippen molar-refractivity contribution in [2.45, 2.75) is 24.7 Å². The molecule has 1 aliphatic heterocycles. The average Bonchev–Trinajstić information content (AvgIpc) is 2.74. The molecule has 1 fully saturated rings. The van der Waals surface area contributed by atoms with E-state index in [1.807, 2.05) is 4.90 Å². The highest BCUT2D eigenvalue weighted by atomic mass is 127. The molecule has 0 aliphatic carbocycles. The van der Waals surface area contributed by atoms with Crippen LogP contribution in [-0.2, 0) is 19.6 Å². The molecule has 0 bridgehead atoms. The third-order valence-corrected chi connectivity index (χ3v) is 6.05. The van der Waals surface area contributed by atoms with E-state index >= 15 is 0 Å². The zero-order valence-electron chi connectivity index (χ0n) is 17.4. The van der Waals surface area contributed by atoms with Crippen LogP contribution >= 0.6 is 24.0 Å². The van der Waals surface area contributed by atoms with Crippen LogP contribution in [-0.4, -0.2) is 70.0 Å². The number of esters is 1. The molecule has 31 heavy (non-hydrogen) atoms. The average molecular weight is 569 g/mol. The summed E-state index contributed by atoms with van der Waals surface area (Å²) in [5, 5.41) is 13.9. The van der Waals surface area contributed by atoms with Gasteiger partial charge in [-0.2, -0.15) is 0 Å². The molecule has 1 saturated heterocycles. The molecule has 1 aromatic rings. The van der Waals surface area contributed by atoms with Gasteiger partial charge in [-0.15, -0.1) is 24.0 Å². The smallest absolute Gasteiger partial charge is 0.310 e. The number of sulfonamides is 1. The second kappa shape index (κ2) is 12.8. The molecule has 1 aromatic carbocycles. The third kappa shape index (κ3) is 7.88. The van der Waals surface area contributed by atoms with Crippen LogP contribution in [0.3, 0.4) is 0 Å². The number of nitro groups is 1. The van der Waals surface area contributed by atoms with Crippen LogP contribution < -0.4 is 10.0 Å². The molecule has 2 rings (SSSR count). The molecule has 0 aromatic heterocycles. The number of guanidine groups is 1. The molecular weight excluding hydrogens is 541 g/mol. The summed E-state index contributed by atoms with van der Waals surface area (Å²) in [4.78, 5) is 28.2. The number of benzene rings is 1.